The lowest BCUT2D eigenvalue weighted by molar-refractivity contribution is -0.117. The van der Waals surface area contributed by atoms with Gasteiger partial charge in [-0.2, -0.15) is 5.26 Å². The fourth-order valence-corrected chi connectivity index (χ4v) is 2.69. The summed E-state index contributed by atoms with van der Waals surface area (Å²) in [6.45, 7) is 2.06. The van der Waals surface area contributed by atoms with E-state index < -0.39 is 0 Å². The van der Waals surface area contributed by atoms with Crippen molar-refractivity contribution in [2.45, 2.75) is 25.8 Å². The number of pyridine rings is 1. The maximum Gasteiger partial charge on any atom is 0.262 e. The average molecular weight is 384 g/mol. The number of hydrogen-bond donors (Lipinski definition) is 1. The van der Waals surface area contributed by atoms with Gasteiger partial charge in [0, 0.05) is 0 Å². The van der Waals surface area contributed by atoms with Crippen molar-refractivity contribution in [3.05, 3.63) is 70.0 Å². The number of amides is 1. The topological polar surface area (TPSA) is 65.8 Å². The minimum atomic E-state index is -0.387. The molecule has 1 atom stereocenters. The van der Waals surface area contributed by atoms with Crippen LogP contribution in [0.4, 0.5) is 0 Å². The molecule has 0 bridgehead atoms. The van der Waals surface area contributed by atoms with Crippen LogP contribution in [0, 0.1) is 11.3 Å². The predicted molar refractivity (Wildman–Crippen MR) is 97.8 cm³/mol. The van der Waals surface area contributed by atoms with Crippen molar-refractivity contribution < 1.29 is 4.79 Å². The van der Waals surface area contributed by atoms with Crippen LogP contribution in [0.25, 0.3) is 6.08 Å². The molecule has 1 aromatic heterocycles. The predicted octanol–water partition coefficient (Wildman–Crippen LogP) is 4.41. The largest absolute Gasteiger partial charge is 0.345 e. The van der Waals surface area contributed by atoms with Crippen molar-refractivity contribution in [2.24, 2.45) is 0 Å². The molecule has 0 fully saturated rings. The highest BCUT2D eigenvalue weighted by Crippen LogP contribution is 2.19. The van der Waals surface area contributed by atoms with Crippen LogP contribution < -0.4 is 5.32 Å². The Bertz CT molecular complexity index is 766. The quantitative estimate of drug-likeness (QED) is 0.456. The van der Waals surface area contributed by atoms with E-state index in [2.05, 4.69) is 33.2 Å². The zero-order chi connectivity index (χ0) is 17.4. The summed E-state index contributed by atoms with van der Waals surface area (Å²) >= 11 is 3.28. The monoisotopic (exact) mass is 383 g/mol. The molecule has 1 amide bonds. The van der Waals surface area contributed by atoms with Gasteiger partial charge >= 0.3 is 0 Å². The number of nitriles is 1. The first kappa shape index (κ1) is 17.9. The second-order valence-corrected chi connectivity index (χ2v) is 6.09. The summed E-state index contributed by atoms with van der Waals surface area (Å²) < 4.78 is 0.655. The van der Waals surface area contributed by atoms with Crippen LogP contribution in [0.5, 0.6) is 0 Å². The van der Waals surface area contributed by atoms with E-state index >= 15 is 0 Å². The lowest BCUT2D eigenvalue weighted by Gasteiger charge is -2.18. The number of aromatic nitrogens is 1. The van der Waals surface area contributed by atoms with Crippen LogP contribution in [0.2, 0.25) is 0 Å². The smallest absolute Gasteiger partial charge is 0.262 e. The minimum Gasteiger partial charge on any atom is -0.345 e. The number of nitrogens with one attached hydrogen (secondary N) is 1. The Morgan fingerprint density at radius 3 is 2.67 bits per heavy atom. The molecule has 0 aliphatic heterocycles. The van der Waals surface area contributed by atoms with Crippen molar-refractivity contribution in [1.82, 2.24) is 10.3 Å². The first-order valence-corrected chi connectivity index (χ1v) is 8.53. The second-order valence-electron chi connectivity index (χ2n) is 5.28. The van der Waals surface area contributed by atoms with Crippen LogP contribution in [0.1, 0.15) is 37.1 Å². The number of hydrogen-bond acceptors (Lipinski definition) is 3. The maximum absolute atomic E-state index is 12.5. The number of nitrogens with zero attached hydrogens (tertiary/aromatic N) is 2. The maximum atomic E-state index is 12.5. The fraction of sp³-hybridized carbons (Fsp3) is 0.211. The molecule has 0 unspecified atom stereocenters. The molecule has 4 nitrogen and oxygen atoms in total. The highest BCUT2D eigenvalue weighted by Gasteiger charge is 2.16. The Labute approximate surface area is 150 Å². The fourth-order valence-electron chi connectivity index (χ4n) is 2.33. The van der Waals surface area contributed by atoms with Gasteiger partial charge in [0.2, 0.25) is 0 Å². The normalized spacial score (nSPS) is 12.3. The van der Waals surface area contributed by atoms with Gasteiger partial charge in [-0.05, 0) is 46.1 Å². The van der Waals surface area contributed by atoms with Gasteiger partial charge in [0.15, 0.2) is 0 Å². The Balaban J connectivity index is 2.20. The second kappa shape index (κ2) is 8.99. The molecule has 1 heterocycles. The van der Waals surface area contributed by atoms with Gasteiger partial charge in [0.05, 0.1) is 11.7 Å². The number of rotatable bonds is 6. The van der Waals surface area contributed by atoms with Crippen molar-refractivity contribution in [1.29, 1.82) is 5.26 Å². The van der Waals surface area contributed by atoms with Crippen molar-refractivity contribution in [2.75, 3.05) is 0 Å². The third-order valence-electron chi connectivity index (χ3n) is 3.48. The average Bonchev–Trinajstić information content (AvgIpc) is 2.60. The molecule has 2 rings (SSSR count). The summed E-state index contributed by atoms with van der Waals surface area (Å²) in [4.78, 5) is 16.7. The number of halogens is 1. The SMILES string of the molecule is CCC[C@H](NC(=O)/C(C#N)=C/c1cccc(Br)n1)c1ccccc1. The lowest BCUT2D eigenvalue weighted by atomic mass is 10.0. The van der Waals surface area contributed by atoms with E-state index in [0.717, 1.165) is 18.4 Å². The zero-order valence-corrected chi connectivity index (χ0v) is 15.0. The molecule has 0 aliphatic carbocycles. The van der Waals surface area contributed by atoms with Gasteiger partial charge < -0.3 is 5.32 Å². The minimum absolute atomic E-state index is 0.0395. The van der Waals surface area contributed by atoms with Crippen LogP contribution in [0.3, 0.4) is 0 Å². The molecule has 0 radical (unpaired) electrons. The molecule has 5 heteroatoms. The Hall–Kier alpha value is -2.45. The molecular formula is C19H18BrN3O. The Kier molecular flexibility index (Phi) is 6.71. The number of benzene rings is 1. The first-order chi connectivity index (χ1) is 11.6. The Morgan fingerprint density at radius 2 is 2.04 bits per heavy atom. The van der Waals surface area contributed by atoms with E-state index in [-0.39, 0.29) is 17.5 Å². The van der Waals surface area contributed by atoms with Crippen LogP contribution in [0.15, 0.2) is 58.7 Å². The van der Waals surface area contributed by atoms with Crippen LogP contribution in [-0.2, 0) is 4.79 Å². The third kappa shape index (κ3) is 5.04. The lowest BCUT2D eigenvalue weighted by Crippen LogP contribution is -2.29. The molecule has 24 heavy (non-hydrogen) atoms. The van der Waals surface area contributed by atoms with Gasteiger partial charge in [-0.25, -0.2) is 4.98 Å². The number of carbonyl (C=O) groups is 1. The highest BCUT2D eigenvalue weighted by molar-refractivity contribution is 9.10. The van der Waals surface area contributed by atoms with Crippen LogP contribution in [-0.4, -0.2) is 10.9 Å². The van der Waals surface area contributed by atoms with E-state index in [4.69, 9.17) is 0 Å². The van der Waals surface area contributed by atoms with Crippen molar-refractivity contribution in [3.8, 4) is 6.07 Å². The van der Waals surface area contributed by atoms with E-state index in [1.807, 2.05) is 36.4 Å². The van der Waals surface area contributed by atoms with E-state index in [1.165, 1.54) is 6.08 Å². The summed E-state index contributed by atoms with van der Waals surface area (Å²) in [5, 5.41) is 12.3. The van der Waals surface area contributed by atoms with Gasteiger partial charge in [0.1, 0.15) is 16.2 Å². The van der Waals surface area contributed by atoms with E-state index in [1.54, 1.807) is 18.2 Å². The third-order valence-corrected chi connectivity index (χ3v) is 3.92. The molecule has 0 spiro atoms. The molecule has 0 saturated heterocycles. The summed E-state index contributed by atoms with van der Waals surface area (Å²) in [6.07, 6.45) is 3.23. The molecule has 0 aliphatic rings. The van der Waals surface area contributed by atoms with Crippen molar-refractivity contribution in [3.63, 3.8) is 0 Å². The van der Waals surface area contributed by atoms with Crippen molar-refractivity contribution >= 4 is 27.9 Å². The summed E-state index contributed by atoms with van der Waals surface area (Å²) in [7, 11) is 0. The van der Waals surface area contributed by atoms with E-state index in [0.29, 0.717) is 10.3 Å². The van der Waals surface area contributed by atoms with E-state index in [9.17, 15) is 10.1 Å². The standard InChI is InChI=1S/C19H18BrN3O/c1-2-7-17(14-8-4-3-5-9-14)23-19(24)15(13-21)12-16-10-6-11-18(20)22-16/h3-6,8-12,17H,2,7H2,1H3,(H,23,24)/b15-12+/t17-/m0/s1. The summed E-state index contributed by atoms with van der Waals surface area (Å²) in [5.74, 6) is -0.387. The van der Waals surface area contributed by atoms with Gasteiger partial charge in [-0.3, -0.25) is 4.79 Å². The molecule has 1 aromatic carbocycles. The summed E-state index contributed by atoms with van der Waals surface area (Å²) in [5.41, 5.74) is 1.63. The highest BCUT2D eigenvalue weighted by atomic mass is 79.9. The molecule has 1 N–H and O–H groups in total. The Morgan fingerprint density at radius 1 is 1.29 bits per heavy atom. The number of carbonyl (C=O) groups excluding carboxylic acids is 1. The molecular weight excluding hydrogens is 366 g/mol. The van der Waals surface area contributed by atoms with Gasteiger partial charge in [0.25, 0.3) is 5.91 Å². The molecule has 0 saturated carbocycles. The van der Waals surface area contributed by atoms with Crippen LogP contribution >= 0.6 is 15.9 Å². The van der Waals surface area contributed by atoms with Gasteiger partial charge in [-0.1, -0.05) is 49.7 Å². The zero-order valence-electron chi connectivity index (χ0n) is 13.4. The molecule has 2 aromatic rings. The molecule has 122 valence electrons. The summed E-state index contributed by atoms with van der Waals surface area (Å²) in [6, 6.07) is 17.0. The van der Waals surface area contributed by atoms with Gasteiger partial charge in [-0.15, -0.1) is 0 Å². The first-order valence-electron chi connectivity index (χ1n) is 7.74.